The van der Waals surface area contributed by atoms with Crippen LogP contribution >= 0.6 is 0 Å². The van der Waals surface area contributed by atoms with Crippen molar-refractivity contribution >= 4 is 32.8 Å². The Morgan fingerprint density at radius 3 is 1.96 bits per heavy atom. The van der Waals surface area contributed by atoms with Crippen LogP contribution in [0.4, 0.5) is 0 Å². The van der Waals surface area contributed by atoms with Crippen LogP contribution in [0.1, 0.15) is 42.1 Å². The first-order valence-electron chi connectivity index (χ1n) is 19.5. The highest BCUT2D eigenvalue weighted by Gasteiger charge is 2.46. The molecule has 0 bridgehead atoms. The van der Waals surface area contributed by atoms with Crippen molar-refractivity contribution in [2.75, 3.05) is 0 Å². The van der Waals surface area contributed by atoms with Crippen molar-refractivity contribution in [2.45, 2.75) is 25.3 Å². The molecule has 0 spiro atoms. The van der Waals surface area contributed by atoms with Gasteiger partial charge in [-0.25, -0.2) is 9.55 Å². The number of hydrogen-bond acceptors (Lipinski definition) is 1. The van der Waals surface area contributed by atoms with Gasteiger partial charge in [0.1, 0.15) is 11.5 Å². The molecule has 0 fully saturated rings. The second kappa shape index (κ2) is 12.5. The number of imidazole rings is 1. The normalized spacial score (nSPS) is 13.1. The maximum atomic E-state index is 5.02. The van der Waals surface area contributed by atoms with E-state index in [9.17, 15) is 0 Å². The van der Waals surface area contributed by atoms with Crippen LogP contribution in [0, 0.1) is 0 Å². The van der Waals surface area contributed by atoms with Crippen LogP contribution in [-0.2, 0) is 5.41 Å². The van der Waals surface area contributed by atoms with E-state index in [1.165, 1.54) is 60.8 Å². The molecule has 11 rings (SSSR count). The molecule has 0 saturated heterocycles. The third-order valence-corrected chi connectivity index (χ3v) is 11.9. The van der Waals surface area contributed by atoms with Gasteiger partial charge in [-0.2, -0.15) is 4.57 Å². The maximum absolute atomic E-state index is 5.02. The predicted octanol–water partition coefficient (Wildman–Crippen LogP) is 12.0. The Morgan fingerprint density at radius 2 is 1.18 bits per heavy atom. The fraction of sp³-hybridized carbons (Fsp3) is 0.0769. The highest BCUT2D eigenvalue weighted by molar-refractivity contribution is 6.09. The Labute approximate surface area is 326 Å². The molecule has 7 aromatic carbocycles. The van der Waals surface area contributed by atoms with Crippen molar-refractivity contribution in [3.8, 4) is 33.8 Å². The Morgan fingerprint density at radius 1 is 0.518 bits per heavy atom. The van der Waals surface area contributed by atoms with E-state index in [-0.39, 0.29) is 0 Å². The highest BCUT2D eigenvalue weighted by atomic mass is 15.1. The second-order valence-corrected chi connectivity index (χ2v) is 15.2. The van der Waals surface area contributed by atoms with E-state index in [0.29, 0.717) is 6.04 Å². The average molecular weight is 720 g/mol. The fourth-order valence-corrected chi connectivity index (χ4v) is 9.47. The number of pyridine rings is 1. The lowest BCUT2D eigenvalue weighted by Gasteiger charge is -2.34. The molecule has 56 heavy (non-hydrogen) atoms. The molecule has 0 unspecified atom stereocenters. The SMILES string of the molecule is CC(C)[n+]1cn(-c2cccc(C3(c4ccc5c6ccccc6n(-c6cc(-c7ccccc7)ccn6)c5c4)c4ccccc4-c4ccccc43)c2)c2ccccc21. The summed E-state index contributed by atoms with van der Waals surface area (Å²) < 4.78 is 7.07. The summed E-state index contributed by atoms with van der Waals surface area (Å²) in [6.45, 7) is 4.49. The Hall–Kier alpha value is -7.04. The van der Waals surface area contributed by atoms with Gasteiger partial charge in [0.2, 0.25) is 6.33 Å². The number of hydrogen-bond donors (Lipinski definition) is 0. The van der Waals surface area contributed by atoms with Crippen LogP contribution in [0.25, 0.3) is 66.6 Å². The van der Waals surface area contributed by atoms with E-state index in [1.807, 2.05) is 6.20 Å². The lowest BCUT2D eigenvalue weighted by atomic mass is 9.67. The topological polar surface area (TPSA) is 26.6 Å². The predicted molar refractivity (Wildman–Crippen MR) is 229 cm³/mol. The summed E-state index contributed by atoms with van der Waals surface area (Å²) in [6, 6.07) is 67.0. The van der Waals surface area contributed by atoms with Crippen LogP contribution < -0.4 is 4.57 Å². The molecule has 4 nitrogen and oxygen atoms in total. The number of nitrogens with zero attached hydrogens (tertiary/aromatic N) is 4. The third-order valence-electron chi connectivity index (χ3n) is 11.9. The average Bonchev–Trinajstić information content (AvgIpc) is 3.91. The van der Waals surface area contributed by atoms with Gasteiger partial charge in [0.25, 0.3) is 0 Å². The van der Waals surface area contributed by atoms with Gasteiger partial charge in [-0.1, -0.05) is 133 Å². The van der Waals surface area contributed by atoms with Gasteiger partial charge in [-0.05, 0) is 107 Å². The zero-order valence-corrected chi connectivity index (χ0v) is 31.3. The Bertz CT molecular complexity index is 3080. The molecular formula is C52H39N4+. The highest BCUT2D eigenvalue weighted by Crippen LogP contribution is 2.56. The standard InChI is InChI=1S/C52H39N4/c1-35(2)54-34-55(49-26-13-12-25-48(49)54)40-18-14-17-38(32-40)52(45-22-9-6-19-41(45)42-20-7-10-23-46(42)52)39-27-28-44-43-21-8-11-24-47(43)56(50(44)33-39)51-31-37(29-30-53-51)36-15-4-3-5-16-36/h3-35H,1-2H3/q+1. The summed E-state index contributed by atoms with van der Waals surface area (Å²) in [4.78, 5) is 5.02. The van der Waals surface area contributed by atoms with Gasteiger partial charge in [-0.3, -0.25) is 4.57 Å². The van der Waals surface area contributed by atoms with Crippen molar-refractivity contribution in [3.05, 3.63) is 217 Å². The molecule has 3 aromatic heterocycles. The van der Waals surface area contributed by atoms with Gasteiger partial charge < -0.3 is 0 Å². The number of benzene rings is 7. The molecule has 4 heteroatoms. The summed E-state index contributed by atoms with van der Waals surface area (Å²) in [5.74, 6) is 0.899. The van der Waals surface area contributed by atoms with Gasteiger partial charge in [0.05, 0.1) is 22.5 Å². The van der Waals surface area contributed by atoms with Crippen LogP contribution in [-0.4, -0.2) is 14.1 Å². The minimum Gasteiger partial charge on any atom is -0.294 e. The minimum atomic E-state index is -0.588. The summed E-state index contributed by atoms with van der Waals surface area (Å²) in [5, 5.41) is 2.42. The zero-order valence-electron chi connectivity index (χ0n) is 31.3. The Kier molecular flexibility index (Phi) is 7.23. The lowest BCUT2D eigenvalue weighted by Crippen LogP contribution is -2.34. The first kappa shape index (κ1) is 32.4. The van der Waals surface area contributed by atoms with E-state index in [0.717, 1.165) is 28.1 Å². The number of rotatable bonds is 6. The molecule has 0 radical (unpaired) electrons. The van der Waals surface area contributed by atoms with E-state index in [1.54, 1.807) is 0 Å². The summed E-state index contributed by atoms with van der Waals surface area (Å²) in [5.41, 5.74) is 15.1. The second-order valence-electron chi connectivity index (χ2n) is 15.2. The van der Waals surface area contributed by atoms with Crippen molar-refractivity contribution in [3.63, 3.8) is 0 Å². The number of aromatic nitrogens is 4. The van der Waals surface area contributed by atoms with Crippen molar-refractivity contribution < 1.29 is 4.57 Å². The van der Waals surface area contributed by atoms with E-state index < -0.39 is 5.41 Å². The fourth-order valence-electron chi connectivity index (χ4n) is 9.47. The molecule has 0 N–H and O–H groups in total. The van der Waals surface area contributed by atoms with Gasteiger partial charge in [0, 0.05) is 17.0 Å². The van der Waals surface area contributed by atoms with E-state index in [4.69, 9.17) is 4.98 Å². The molecular weight excluding hydrogens is 681 g/mol. The molecule has 0 saturated carbocycles. The molecule has 0 atom stereocenters. The molecule has 3 heterocycles. The lowest BCUT2D eigenvalue weighted by molar-refractivity contribution is -0.691. The molecule has 1 aliphatic carbocycles. The van der Waals surface area contributed by atoms with Crippen molar-refractivity contribution in [1.29, 1.82) is 0 Å². The molecule has 0 amide bonds. The van der Waals surface area contributed by atoms with Gasteiger partial charge in [0.15, 0.2) is 11.0 Å². The Balaban J connectivity index is 1.21. The molecule has 0 aliphatic heterocycles. The van der Waals surface area contributed by atoms with Crippen molar-refractivity contribution in [2.24, 2.45) is 0 Å². The van der Waals surface area contributed by atoms with Gasteiger partial charge in [-0.15, -0.1) is 0 Å². The van der Waals surface area contributed by atoms with E-state index >= 15 is 0 Å². The molecule has 10 aromatic rings. The number of fused-ring (bicyclic) bond motifs is 7. The number of para-hydroxylation sites is 3. The minimum absolute atomic E-state index is 0.325. The van der Waals surface area contributed by atoms with E-state index in [2.05, 4.69) is 216 Å². The van der Waals surface area contributed by atoms with Crippen LogP contribution in [0.3, 0.4) is 0 Å². The van der Waals surface area contributed by atoms with Crippen LogP contribution in [0.5, 0.6) is 0 Å². The molecule has 266 valence electrons. The zero-order chi connectivity index (χ0) is 37.4. The van der Waals surface area contributed by atoms with Gasteiger partial charge >= 0.3 is 0 Å². The first-order valence-corrected chi connectivity index (χ1v) is 19.5. The maximum Gasteiger partial charge on any atom is 0.250 e. The summed E-state index contributed by atoms with van der Waals surface area (Å²) in [6.07, 6.45) is 4.20. The van der Waals surface area contributed by atoms with Crippen LogP contribution in [0.2, 0.25) is 0 Å². The smallest absolute Gasteiger partial charge is 0.250 e. The summed E-state index contributed by atoms with van der Waals surface area (Å²) >= 11 is 0. The monoisotopic (exact) mass is 719 g/mol. The van der Waals surface area contributed by atoms with Crippen molar-refractivity contribution in [1.82, 2.24) is 14.1 Å². The third kappa shape index (κ3) is 4.66. The molecule has 1 aliphatic rings. The first-order chi connectivity index (χ1) is 27.6. The quantitative estimate of drug-likeness (QED) is 0.157. The summed E-state index contributed by atoms with van der Waals surface area (Å²) in [7, 11) is 0. The van der Waals surface area contributed by atoms with Crippen LogP contribution in [0.15, 0.2) is 195 Å². The largest absolute Gasteiger partial charge is 0.294 e.